The van der Waals surface area contributed by atoms with Crippen molar-refractivity contribution in [1.29, 1.82) is 0 Å². The molecule has 1 saturated heterocycles. The molecule has 1 N–H and O–H groups in total. The number of fused-ring (bicyclic) bond motifs is 1. The van der Waals surface area contributed by atoms with Crippen molar-refractivity contribution >= 4 is 5.91 Å². The molecule has 3 rings (SSSR count). The number of nitrogens with zero attached hydrogens (tertiary/aromatic N) is 3. The first-order valence-electron chi connectivity index (χ1n) is 9.06. The summed E-state index contributed by atoms with van der Waals surface area (Å²) in [6, 6.07) is 0.0346. The lowest BCUT2D eigenvalue weighted by Crippen LogP contribution is -2.53. The van der Waals surface area contributed by atoms with E-state index in [2.05, 4.69) is 4.98 Å². The van der Waals surface area contributed by atoms with Crippen LogP contribution < -0.4 is 0 Å². The summed E-state index contributed by atoms with van der Waals surface area (Å²) >= 11 is 0. The van der Waals surface area contributed by atoms with Crippen molar-refractivity contribution in [3.63, 3.8) is 0 Å². The van der Waals surface area contributed by atoms with Crippen molar-refractivity contribution in [2.75, 3.05) is 26.9 Å². The highest BCUT2D eigenvalue weighted by Gasteiger charge is 2.52. The van der Waals surface area contributed by atoms with Crippen molar-refractivity contribution in [3.05, 3.63) is 17.7 Å². The van der Waals surface area contributed by atoms with Gasteiger partial charge < -0.3 is 24.0 Å². The minimum Gasteiger partial charge on any atom is -0.394 e. The molecule has 0 aromatic carbocycles. The van der Waals surface area contributed by atoms with E-state index < -0.39 is 0 Å². The lowest BCUT2D eigenvalue weighted by molar-refractivity contribution is -0.142. The summed E-state index contributed by atoms with van der Waals surface area (Å²) in [6.45, 7) is 5.34. The number of rotatable bonds is 6. The number of carbonyl (C=O) groups is 1. The van der Waals surface area contributed by atoms with Crippen LogP contribution >= 0.6 is 0 Å². The molecule has 2 fully saturated rings. The molecule has 0 radical (unpaired) electrons. The van der Waals surface area contributed by atoms with E-state index in [4.69, 9.17) is 14.6 Å². The molecule has 0 bridgehead atoms. The zero-order valence-corrected chi connectivity index (χ0v) is 15.4. The number of aryl methyl sites for hydroxylation is 1. The highest BCUT2D eigenvalue weighted by atomic mass is 16.5. The van der Waals surface area contributed by atoms with E-state index in [0.717, 1.165) is 43.6 Å². The Bertz CT molecular complexity index is 617. The average molecular weight is 351 g/mol. The van der Waals surface area contributed by atoms with Gasteiger partial charge >= 0.3 is 0 Å². The van der Waals surface area contributed by atoms with Gasteiger partial charge in [-0.15, -0.1) is 0 Å². The highest BCUT2D eigenvalue weighted by molar-refractivity contribution is 5.77. The number of hydrogen-bond donors (Lipinski definition) is 1. The average Bonchev–Trinajstić information content (AvgIpc) is 3.15. The van der Waals surface area contributed by atoms with Crippen LogP contribution in [0.2, 0.25) is 0 Å². The maximum absolute atomic E-state index is 13.0. The van der Waals surface area contributed by atoms with E-state index in [-0.39, 0.29) is 30.3 Å². The molecule has 1 amide bonds. The topological polar surface area (TPSA) is 76.8 Å². The van der Waals surface area contributed by atoms with Gasteiger partial charge in [-0.3, -0.25) is 4.79 Å². The van der Waals surface area contributed by atoms with E-state index in [9.17, 15) is 4.79 Å². The molecule has 2 heterocycles. The Labute approximate surface area is 148 Å². The van der Waals surface area contributed by atoms with Gasteiger partial charge in [0.1, 0.15) is 6.54 Å². The normalized spacial score (nSPS) is 29.0. The number of aromatic nitrogens is 2. The van der Waals surface area contributed by atoms with E-state index >= 15 is 0 Å². The third-order valence-corrected chi connectivity index (χ3v) is 5.96. The minimum absolute atomic E-state index is 0.0263. The Balaban J connectivity index is 1.72. The first-order valence-corrected chi connectivity index (χ1v) is 9.06. The smallest absolute Gasteiger partial charge is 0.242 e. The van der Waals surface area contributed by atoms with Crippen LogP contribution in [0.1, 0.15) is 37.1 Å². The Kier molecular flexibility index (Phi) is 5.46. The van der Waals surface area contributed by atoms with Crippen LogP contribution in [0.15, 0.2) is 6.33 Å². The third-order valence-electron chi connectivity index (χ3n) is 5.96. The second-order valence-corrected chi connectivity index (χ2v) is 7.16. The minimum atomic E-state index is -0.255. The Morgan fingerprint density at radius 2 is 2.24 bits per heavy atom. The summed E-state index contributed by atoms with van der Waals surface area (Å²) in [6.07, 6.45) is 5.24. The molecule has 140 valence electrons. The molecule has 0 spiro atoms. The zero-order valence-electron chi connectivity index (χ0n) is 15.4. The fourth-order valence-corrected chi connectivity index (χ4v) is 4.27. The number of hydrogen-bond acceptors (Lipinski definition) is 5. The number of aliphatic hydroxyl groups is 1. The van der Waals surface area contributed by atoms with E-state index in [1.54, 1.807) is 13.4 Å². The SMILES string of the molecule is CO[C@@]12CC[C@H](OCCO)C[C@@H]1N(C(=O)Cn1cnc(C)c1C)CC2. The maximum Gasteiger partial charge on any atom is 0.242 e. The first kappa shape index (κ1) is 18.4. The molecule has 1 aromatic heterocycles. The van der Waals surface area contributed by atoms with Gasteiger partial charge in [0.2, 0.25) is 5.91 Å². The summed E-state index contributed by atoms with van der Waals surface area (Å²) < 4.78 is 13.5. The van der Waals surface area contributed by atoms with Crippen LogP contribution in [0.4, 0.5) is 0 Å². The summed E-state index contributed by atoms with van der Waals surface area (Å²) in [5.41, 5.74) is 1.73. The molecule has 1 aliphatic heterocycles. The van der Waals surface area contributed by atoms with Gasteiger partial charge in [0.15, 0.2) is 0 Å². The summed E-state index contributed by atoms with van der Waals surface area (Å²) in [5.74, 6) is 0.104. The highest BCUT2D eigenvalue weighted by Crippen LogP contribution is 2.43. The lowest BCUT2D eigenvalue weighted by atomic mass is 9.79. The van der Waals surface area contributed by atoms with E-state index in [1.165, 1.54) is 0 Å². The standard InChI is InChI=1S/C18H29N3O4/c1-13-14(2)20(12-19-13)11-17(23)21-7-6-18(24-3)5-4-15(10-16(18)21)25-9-8-22/h12,15-16,22H,4-11H2,1-3H3/t15-,16-,18+/m0/s1. The van der Waals surface area contributed by atoms with Crippen LogP contribution in [0.5, 0.6) is 0 Å². The summed E-state index contributed by atoms with van der Waals surface area (Å²) in [4.78, 5) is 19.2. The van der Waals surface area contributed by atoms with Gasteiger partial charge in [0.05, 0.1) is 43.0 Å². The van der Waals surface area contributed by atoms with Gasteiger partial charge in [-0.1, -0.05) is 0 Å². The Morgan fingerprint density at radius 1 is 1.44 bits per heavy atom. The Morgan fingerprint density at radius 3 is 2.88 bits per heavy atom. The summed E-state index contributed by atoms with van der Waals surface area (Å²) in [5, 5.41) is 8.99. The molecule has 3 atom stereocenters. The quantitative estimate of drug-likeness (QED) is 0.829. The number of ether oxygens (including phenoxy) is 2. The number of likely N-dealkylation sites (tertiary alicyclic amines) is 1. The molecule has 2 aliphatic rings. The molecule has 1 saturated carbocycles. The first-order chi connectivity index (χ1) is 12.0. The lowest BCUT2D eigenvalue weighted by Gasteiger charge is -2.43. The van der Waals surface area contributed by atoms with Crippen LogP contribution in [0, 0.1) is 13.8 Å². The molecule has 0 unspecified atom stereocenters. The molecule has 1 aliphatic carbocycles. The van der Waals surface area contributed by atoms with Crippen molar-refractivity contribution in [2.24, 2.45) is 0 Å². The second-order valence-electron chi connectivity index (χ2n) is 7.16. The number of aliphatic hydroxyl groups excluding tert-OH is 1. The monoisotopic (exact) mass is 351 g/mol. The van der Waals surface area contributed by atoms with Crippen molar-refractivity contribution in [3.8, 4) is 0 Å². The molecular formula is C18H29N3O4. The van der Waals surface area contributed by atoms with Crippen LogP contribution in [0.3, 0.4) is 0 Å². The van der Waals surface area contributed by atoms with Gasteiger partial charge in [-0.25, -0.2) is 4.98 Å². The Hall–Kier alpha value is -1.44. The van der Waals surface area contributed by atoms with Crippen LogP contribution in [-0.2, 0) is 20.8 Å². The fourth-order valence-electron chi connectivity index (χ4n) is 4.27. The van der Waals surface area contributed by atoms with E-state index in [1.807, 2.05) is 23.3 Å². The number of imidazole rings is 1. The van der Waals surface area contributed by atoms with E-state index in [0.29, 0.717) is 13.2 Å². The molecule has 1 aromatic rings. The van der Waals surface area contributed by atoms with Gasteiger partial charge in [0, 0.05) is 19.3 Å². The van der Waals surface area contributed by atoms with Crippen molar-refractivity contribution in [2.45, 2.75) is 63.8 Å². The third kappa shape index (κ3) is 3.45. The predicted octanol–water partition coefficient (Wildman–Crippen LogP) is 1.05. The molecule has 7 heteroatoms. The van der Waals surface area contributed by atoms with Crippen molar-refractivity contribution in [1.82, 2.24) is 14.5 Å². The summed E-state index contributed by atoms with van der Waals surface area (Å²) in [7, 11) is 1.75. The molecule has 7 nitrogen and oxygen atoms in total. The number of carbonyl (C=O) groups excluding carboxylic acids is 1. The number of methoxy groups -OCH3 is 1. The van der Waals surface area contributed by atoms with Crippen LogP contribution in [0.25, 0.3) is 0 Å². The van der Waals surface area contributed by atoms with Gasteiger partial charge in [0.25, 0.3) is 0 Å². The van der Waals surface area contributed by atoms with Crippen LogP contribution in [-0.4, -0.2) is 70.1 Å². The second kappa shape index (κ2) is 7.43. The molecule has 25 heavy (non-hydrogen) atoms. The maximum atomic E-state index is 13.0. The van der Waals surface area contributed by atoms with Gasteiger partial charge in [-0.2, -0.15) is 0 Å². The zero-order chi connectivity index (χ0) is 18.0. The fraction of sp³-hybridized carbons (Fsp3) is 0.778. The predicted molar refractivity (Wildman–Crippen MR) is 92.2 cm³/mol. The van der Waals surface area contributed by atoms with Crippen molar-refractivity contribution < 1.29 is 19.4 Å². The molecular weight excluding hydrogens is 322 g/mol. The number of amides is 1. The van der Waals surface area contributed by atoms with Gasteiger partial charge in [-0.05, 0) is 39.5 Å². The largest absolute Gasteiger partial charge is 0.394 e.